The molecule has 0 saturated carbocycles. The number of hydrogen-bond donors (Lipinski definition) is 1. The Labute approximate surface area is 186 Å². The van der Waals surface area contributed by atoms with Crippen LogP contribution in [0.15, 0.2) is 36.5 Å². The van der Waals surface area contributed by atoms with Gasteiger partial charge in [-0.2, -0.15) is 9.59 Å². The van der Waals surface area contributed by atoms with Gasteiger partial charge in [0.2, 0.25) is 0 Å². The molecule has 3 aromatic rings. The summed E-state index contributed by atoms with van der Waals surface area (Å²) in [7, 11) is 0. The largest absolute Gasteiger partial charge is 0.490 e. The van der Waals surface area contributed by atoms with Crippen LogP contribution in [0.4, 0.5) is 5.82 Å². The van der Waals surface area contributed by atoms with Crippen LogP contribution < -0.4 is 15.0 Å². The van der Waals surface area contributed by atoms with E-state index in [9.17, 15) is 4.79 Å². The molecule has 0 aromatic carbocycles. The number of imidazole rings is 1. The molecule has 168 valence electrons. The summed E-state index contributed by atoms with van der Waals surface area (Å²) >= 11 is 0. The molecule has 0 bridgehead atoms. The van der Waals surface area contributed by atoms with Gasteiger partial charge >= 0.3 is 6.15 Å². The number of pyridine rings is 2. The predicted octanol–water partition coefficient (Wildman–Crippen LogP) is 2.56. The fourth-order valence-electron chi connectivity index (χ4n) is 3.96. The van der Waals surface area contributed by atoms with Gasteiger partial charge in [-0.1, -0.05) is 6.07 Å². The van der Waals surface area contributed by atoms with Gasteiger partial charge in [0, 0.05) is 31.0 Å². The average molecular weight is 438 g/mol. The highest BCUT2D eigenvalue weighted by Crippen LogP contribution is 2.23. The number of nitrogens with one attached hydrogen (secondary N) is 1. The number of carbonyl (C=O) groups is 1. The second-order valence-corrected chi connectivity index (χ2v) is 7.52. The molecule has 32 heavy (non-hydrogen) atoms. The molecule has 4 heterocycles. The van der Waals surface area contributed by atoms with Gasteiger partial charge in [-0.3, -0.25) is 9.20 Å². The van der Waals surface area contributed by atoms with Gasteiger partial charge in [0.15, 0.2) is 11.4 Å². The first-order valence-corrected chi connectivity index (χ1v) is 10.6. The predicted molar refractivity (Wildman–Crippen MR) is 118 cm³/mol. The van der Waals surface area contributed by atoms with Crippen LogP contribution in [-0.2, 0) is 9.59 Å². The fourth-order valence-corrected chi connectivity index (χ4v) is 3.96. The molecular weight excluding hydrogens is 410 g/mol. The van der Waals surface area contributed by atoms with Crippen molar-refractivity contribution >= 4 is 23.5 Å². The van der Waals surface area contributed by atoms with Crippen molar-refractivity contribution in [1.82, 2.24) is 19.7 Å². The van der Waals surface area contributed by atoms with Crippen molar-refractivity contribution in [3.05, 3.63) is 53.6 Å². The quantitative estimate of drug-likeness (QED) is 0.654. The number of ether oxygens (including phenoxy) is 1. The Morgan fingerprint density at radius 3 is 2.72 bits per heavy atom. The summed E-state index contributed by atoms with van der Waals surface area (Å²) in [6.07, 6.45) is 4.08. The summed E-state index contributed by atoms with van der Waals surface area (Å²) < 4.78 is 7.48. The van der Waals surface area contributed by atoms with Crippen LogP contribution >= 0.6 is 0 Å². The minimum Gasteiger partial charge on any atom is -0.490 e. The highest BCUT2D eigenvalue weighted by molar-refractivity contribution is 5.95. The molecule has 1 saturated heterocycles. The topological polar surface area (TPSA) is 106 Å². The minimum absolute atomic E-state index is 0.0681. The van der Waals surface area contributed by atoms with E-state index in [1.165, 1.54) is 0 Å². The van der Waals surface area contributed by atoms with E-state index in [-0.39, 0.29) is 18.1 Å². The van der Waals surface area contributed by atoms with E-state index in [2.05, 4.69) is 20.2 Å². The minimum atomic E-state index is -0.104. The van der Waals surface area contributed by atoms with Crippen LogP contribution in [0.3, 0.4) is 0 Å². The lowest BCUT2D eigenvalue weighted by Crippen LogP contribution is -2.48. The third kappa shape index (κ3) is 5.12. The number of aromatic nitrogens is 3. The van der Waals surface area contributed by atoms with E-state index < -0.39 is 0 Å². The highest BCUT2D eigenvalue weighted by atomic mass is 16.5. The lowest BCUT2D eigenvalue weighted by Gasteiger charge is -2.34. The molecule has 0 unspecified atom stereocenters. The number of aryl methyl sites for hydroxylation is 2. The molecule has 1 aliphatic heterocycles. The van der Waals surface area contributed by atoms with Crippen LogP contribution in [0, 0.1) is 13.8 Å². The second kappa shape index (κ2) is 10.5. The summed E-state index contributed by atoms with van der Waals surface area (Å²) in [5, 5.41) is 3.21. The SMILES string of the molecule is CCOc1cccn2c(C(=O)N[C@H]3CCCN(c4cccc(C)n4)C3)c(C)nc12.O=C=O. The molecule has 0 spiro atoms. The van der Waals surface area contributed by atoms with Crippen LogP contribution in [0.25, 0.3) is 5.65 Å². The van der Waals surface area contributed by atoms with Crippen molar-refractivity contribution in [3.63, 3.8) is 0 Å². The molecular formula is C23H27N5O4. The summed E-state index contributed by atoms with van der Waals surface area (Å²) in [6, 6.07) is 9.87. The van der Waals surface area contributed by atoms with E-state index >= 15 is 0 Å². The van der Waals surface area contributed by atoms with E-state index in [1.807, 2.05) is 61.7 Å². The highest BCUT2D eigenvalue weighted by Gasteiger charge is 2.25. The van der Waals surface area contributed by atoms with Crippen LogP contribution in [-0.4, -0.2) is 52.2 Å². The van der Waals surface area contributed by atoms with Crippen LogP contribution in [0.5, 0.6) is 5.75 Å². The molecule has 1 amide bonds. The van der Waals surface area contributed by atoms with Crippen molar-refractivity contribution in [1.29, 1.82) is 0 Å². The molecule has 1 atom stereocenters. The number of amides is 1. The van der Waals surface area contributed by atoms with Gasteiger partial charge in [0.1, 0.15) is 11.5 Å². The lowest BCUT2D eigenvalue weighted by molar-refractivity contribution is -0.191. The number of hydrogen-bond acceptors (Lipinski definition) is 7. The zero-order chi connectivity index (χ0) is 23.1. The Hall–Kier alpha value is -3.71. The molecule has 1 fully saturated rings. The first kappa shape index (κ1) is 23.0. The Kier molecular flexibility index (Phi) is 7.57. The van der Waals surface area contributed by atoms with Crippen LogP contribution in [0.1, 0.15) is 41.6 Å². The zero-order valence-electron chi connectivity index (χ0n) is 18.5. The molecule has 3 aromatic heterocycles. The third-order valence-corrected chi connectivity index (χ3v) is 5.26. The molecule has 0 aliphatic carbocycles. The Bertz CT molecular complexity index is 1120. The summed E-state index contributed by atoms with van der Waals surface area (Å²) in [4.78, 5) is 40.8. The Balaban J connectivity index is 0.000000913. The third-order valence-electron chi connectivity index (χ3n) is 5.26. The Morgan fingerprint density at radius 1 is 1.22 bits per heavy atom. The Morgan fingerprint density at radius 2 is 2.00 bits per heavy atom. The molecule has 9 heteroatoms. The number of carbonyl (C=O) groups excluding carboxylic acids is 3. The van der Waals surface area contributed by atoms with Gasteiger partial charge < -0.3 is 15.0 Å². The molecule has 1 N–H and O–H groups in total. The number of rotatable bonds is 5. The summed E-state index contributed by atoms with van der Waals surface area (Å²) in [6.45, 7) is 8.05. The zero-order valence-corrected chi connectivity index (χ0v) is 18.5. The number of piperidine rings is 1. The van der Waals surface area contributed by atoms with Gasteiger partial charge in [-0.25, -0.2) is 9.97 Å². The fraction of sp³-hybridized carbons (Fsp3) is 0.391. The normalized spacial score (nSPS) is 15.5. The van der Waals surface area contributed by atoms with Crippen molar-refractivity contribution in [2.45, 2.75) is 39.7 Å². The maximum Gasteiger partial charge on any atom is 0.373 e. The van der Waals surface area contributed by atoms with Crippen molar-refractivity contribution in [2.24, 2.45) is 0 Å². The summed E-state index contributed by atoms with van der Waals surface area (Å²) in [5.74, 6) is 1.55. The first-order valence-electron chi connectivity index (χ1n) is 10.6. The van der Waals surface area contributed by atoms with E-state index in [1.54, 1.807) is 0 Å². The van der Waals surface area contributed by atoms with Gasteiger partial charge in [0.25, 0.3) is 5.91 Å². The monoisotopic (exact) mass is 437 g/mol. The van der Waals surface area contributed by atoms with Crippen molar-refractivity contribution in [3.8, 4) is 5.75 Å². The molecule has 9 nitrogen and oxygen atoms in total. The van der Waals surface area contributed by atoms with Gasteiger partial charge in [0.05, 0.1) is 12.3 Å². The summed E-state index contributed by atoms with van der Waals surface area (Å²) in [5.41, 5.74) is 2.93. The van der Waals surface area contributed by atoms with E-state index in [4.69, 9.17) is 14.3 Å². The lowest BCUT2D eigenvalue weighted by atomic mass is 10.1. The molecule has 4 rings (SSSR count). The van der Waals surface area contributed by atoms with E-state index in [0.29, 0.717) is 29.4 Å². The smallest absolute Gasteiger partial charge is 0.373 e. The second-order valence-electron chi connectivity index (χ2n) is 7.52. The van der Waals surface area contributed by atoms with Gasteiger partial charge in [-0.05, 0) is 57.9 Å². The molecule has 1 aliphatic rings. The van der Waals surface area contributed by atoms with E-state index in [0.717, 1.165) is 37.4 Å². The maximum atomic E-state index is 13.1. The molecule has 0 radical (unpaired) electrons. The number of fused-ring (bicyclic) bond motifs is 1. The maximum absolute atomic E-state index is 13.1. The standard InChI is InChI=1S/C22H27N5O2.CO2/c1-4-29-18-10-7-13-27-20(16(3)24-21(18)27)22(28)25-17-9-6-12-26(14-17)19-11-5-8-15(2)23-19;2-1-3/h5,7-8,10-11,13,17H,4,6,9,12,14H2,1-3H3,(H,25,28);/t17-;/m0./s1. The van der Waals surface area contributed by atoms with Crippen molar-refractivity contribution in [2.75, 3.05) is 24.6 Å². The average Bonchev–Trinajstić information content (AvgIpc) is 3.12. The first-order chi connectivity index (χ1) is 15.5. The van der Waals surface area contributed by atoms with Gasteiger partial charge in [-0.15, -0.1) is 0 Å². The van der Waals surface area contributed by atoms with Crippen LogP contribution in [0.2, 0.25) is 0 Å². The number of anilines is 1. The number of nitrogens with zero attached hydrogens (tertiary/aromatic N) is 4. The van der Waals surface area contributed by atoms with Crippen molar-refractivity contribution < 1.29 is 19.1 Å².